The van der Waals surface area contributed by atoms with E-state index in [1.165, 1.54) is 17.5 Å². The number of allylic oxidation sites excluding steroid dienone is 2. The Bertz CT molecular complexity index is 981. The lowest BCUT2D eigenvalue weighted by molar-refractivity contribution is 0.193. The minimum atomic E-state index is -0.144. The van der Waals surface area contributed by atoms with Gasteiger partial charge in [-0.15, -0.1) is 0 Å². The maximum atomic E-state index is 9.73. The van der Waals surface area contributed by atoms with Crippen LogP contribution in [0.1, 0.15) is 48.9 Å². The Hall–Kier alpha value is -3.11. The van der Waals surface area contributed by atoms with Crippen molar-refractivity contribution in [1.29, 1.82) is 0 Å². The summed E-state index contributed by atoms with van der Waals surface area (Å²) in [5, 5.41) is 13.4. The van der Waals surface area contributed by atoms with Crippen LogP contribution in [0.2, 0.25) is 0 Å². The first-order valence-electron chi connectivity index (χ1n) is 12.3. The number of likely N-dealkylation sites (tertiary alicyclic amines) is 1. The molecule has 2 aromatic carbocycles. The molecule has 3 rings (SSSR count). The Morgan fingerprint density at radius 2 is 1.82 bits per heavy atom. The number of aliphatic imine (C=N–C) groups is 1. The molecule has 0 amide bonds. The minimum Gasteiger partial charge on any atom is -0.508 e. The molecule has 1 saturated heterocycles. The van der Waals surface area contributed by atoms with E-state index in [0.717, 1.165) is 55.9 Å². The zero-order valence-electron chi connectivity index (χ0n) is 20.7. The molecule has 1 heterocycles. The van der Waals surface area contributed by atoms with Crippen molar-refractivity contribution >= 4 is 5.71 Å². The fraction of sp³-hybridized carbons (Fsp3) is 0.367. The Labute approximate surface area is 205 Å². The zero-order chi connectivity index (χ0) is 24.3. The van der Waals surface area contributed by atoms with E-state index in [2.05, 4.69) is 59.6 Å². The van der Waals surface area contributed by atoms with Gasteiger partial charge in [0, 0.05) is 17.8 Å². The third-order valence-corrected chi connectivity index (χ3v) is 6.57. The molecule has 1 atom stereocenters. The molecule has 2 N–H and O–H groups in total. The summed E-state index contributed by atoms with van der Waals surface area (Å²) >= 11 is 0. The van der Waals surface area contributed by atoms with Crippen LogP contribution in [0.3, 0.4) is 0 Å². The lowest BCUT2D eigenvalue weighted by Gasteiger charge is -2.34. The van der Waals surface area contributed by atoms with E-state index in [0.29, 0.717) is 5.92 Å². The molecule has 0 bridgehead atoms. The van der Waals surface area contributed by atoms with Crippen LogP contribution in [0.4, 0.5) is 0 Å². The van der Waals surface area contributed by atoms with Crippen LogP contribution >= 0.6 is 0 Å². The molecule has 2 aromatic rings. The number of hydrogen-bond acceptors (Lipinski definition) is 4. The molecule has 0 saturated carbocycles. The average molecular weight is 458 g/mol. The van der Waals surface area contributed by atoms with Gasteiger partial charge in [0.25, 0.3) is 0 Å². The van der Waals surface area contributed by atoms with Crippen LogP contribution in [0.15, 0.2) is 90.7 Å². The van der Waals surface area contributed by atoms with Gasteiger partial charge in [-0.3, -0.25) is 4.99 Å². The first-order chi connectivity index (χ1) is 16.5. The van der Waals surface area contributed by atoms with Crippen LogP contribution in [-0.4, -0.2) is 35.4 Å². The zero-order valence-corrected chi connectivity index (χ0v) is 20.7. The van der Waals surface area contributed by atoms with Crippen molar-refractivity contribution in [3.63, 3.8) is 0 Å². The van der Waals surface area contributed by atoms with Crippen molar-refractivity contribution in [1.82, 2.24) is 10.2 Å². The Morgan fingerprint density at radius 1 is 1.15 bits per heavy atom. The van der Waals surface area contributed by atoms with Gasteiger partial charge in [-0.1, -0.05) is 61.2 Å². The largest absolute Gasteiger partial charge is 0.508 e. The number of phenols is 1. The molecule has 0 spiro atoms. The van der Waals surface area contributed by atoms with Gasteiger partial charge in [0.15, 0.2) is 0 Å². The lowest BCUT2D eigenvalue weighted by atomic mass is 9.92. The first-order valence-corrected chi connectivity index (χ1v) is 12.3. The molecule has 4 nitrogen and oxygen atoms in total. The SMILES string of the molecule is C=CN=C(/C=C\C)C(NC(=C)C1CCN(CCCc2ccc(C)cc2)CC1)c1ccc(O)cc1. The van der Waals surface area contributed by atoms with Gasteiger partial charge >= 0.3 is 0 Å². The topological polar surface area (TPSA) is 47.9 Å². The molecule has 0 radical (unpaired) electrons. The van der Waals surface area contributed by atoms with E-state index in [1.54, 1.807) is 18.3 Å². The minimum absolute atomic E-state index is 0.144. The molecular weight excluding hydrogens is 418 g/mol. The molecule has 180 valence electrons. The van der Waals surface area contributed by atoms with E-state index in [1.807, 2.05) is 31.2 Å². The number of piperidine rings is 1. The Kier molecular flexibility index (Phi) is 9.72. The Morgan fingerprint density at radius 3 is 2.44 bits per heavy atom. The number of hydrogen-bond donors (Lipinski definition) is 2. The predicted molar refractivity (Wildman–Crippen MR) is 144 cm³/mol. The van der Waals surface area contributed by atoms with Crippen LogP contribution < -0.4 is 5.32 Å². The third-order valence-electron chi connectivity index (χ3n) is 6.57. The highest BCUT2D eigenvalue weighted by molar-refractivity contribution is 6.00. The Balaban J connectivity index is 1.55. The van der Waals surface area contributed by atoms with Crippen molar-refractivity contribution in [2.45, 2.75) is 45.6 Å². The molecule has 34 heavy (non-hydrogen) atoms. The monoisotopic (exact) mass is 457 g/mol. The van der Waals surface area contributed by atoms with Crippen molar-refractivity contribution in [2.24, 2.45) is 10.9 Å². The highest BCUT2D eigenvalue weighted by atomic mass is 16.3. The maximum absolute atomic E-state index is 9.73. The summed E-state index contributed by atoms with van der Waals surface area (Å²) in [7, 11) is 0. The van der Waals surface area contributed by atoms with E-state index in [-0.39, 0.29) is 11.8 Å². The summed E-state index contributed by atoms with van der Waals surface area (Å²) in [4.78, 5) is 7.09. The van der Waals surface area contributed by atoms with E-state index >= 15 is 0 Å². The number of nitrogens with one attached hydrogen (secondary N) is 1. The number of nitrogens with zero attached hydrogens (tertiary/aromatic N) is 2. The quantitative estimate of drug-likeness (QED) is 0.387. The smallest absolute Gasteiger partial charge is 0.115 e. The lowest BCUT2D eigenvalue weighted by Crippen LogP contribution is -2.38. The van der Waals surface area contributed by atoms with Crippen LogP contribution in [0.5, 0.6) is 5.75 Å². The molecule has 0 aliphatic carbocycles. The van der Waals surface area contributed by atoms with E-state index in [4.69, 9.17) is 0 Å². The van der Waals surface area contributed by atoms with Crippen LogP contribution in [0, 0.1) is 12.8 Å². The second kappa shape index (κ2) is 13.0. The first kappa shape index (κ1) is 25.5. The average Bonchev–Trinajstić information content (AvgIpc) is 2.85. The second-order valence-corrected chi connectivity index (χ2v) is 9.14. The fourth-order valence-electron chi connectivity index (χ4n) is 4.55. The van der Waals surface area contributed by atoms with Crippen molar-refractivity contribution < 1.29 is 5.11 Å². The molecule has 4 heteroatoms. The third kappa shape index (κ3) is 7.46. The molecule has 0 aromatic heterocycles. The summed E-state index contributed by atoms with van der Waals surface area (Å²) in [6.07, 6.45) is 10.1. The van der Waals surface area contributed by atoms with Gasteiger partial charge in [-0.25, -0.2) is 0 Å². The highest BCUT2D eigenvalue weighted by Gasteiger charge is 2.24. The maximum Gasteiger partial charge on any atom is 0.115 e. The molecule has 1 aliphatic rings. The second-order valence-electron chi connectivity index (χ2n) is 9.14. The molecule has 1 unspecified atom stereocenters. The molecule has 1 aliphatic heterocycles. The van der Waals surface area contributed by atoms with Crippen LogP contribution in [0.25, 0.3) is 0 Å². The summed E-state index contributed by atoms with van der Waals surface area (Å²) in [5.41, 5.74) is 5.71. The van der Waals surface area contributed by atoms with Gasteiger partial charge in [-0.2, -0.15) is 0 Å². The standard InChI is InChI=1S/C30H39N3O/c1-5-8-29(31-6-2)30(27-14-16-28(34)17-15-27)32-24(4)26-18-21-33(22-19-26)20-7-9-25-12-10-23(3)11-13-25/h5-6,8,10-17,26,30,32,34H,2,4,7,9,18-22H2,1,3H3/b8-5-,31-29?. The number of aryl methyl sites for hydroxylation is 2. The number of rotatable bonds is 11. The van der Waals surface area contributed by atoms with Gasteiger partial charge in [0.2, 0.25) is 0 Å². The molecule has 1 fully saturated rings. The van der Waals surface area contributed by atoms with E-state index < -0.39 is 0 Å². The number of aromatic hydroxyl groups is 1. The van der Waals surface area contributed by atoms with Gasteiger partial charge in [0.1, 0.15) is 5.75 Å². The summed E-state index contributed by atoms with van der Waals surface area (Å²) in [6, 6.07) is 16.0. The summed E-state index contributed by atoms with van der Waals surface area (Å²) in [6.45, 7) is 15.7. The number of benzene rings is 2. The van der Waals surface area contributed by atoms with E-state index in [9.17, 15) is 5.11 Å². The van der Waals surface area contributed by atoms with Crippen molar-refractivity contribution in [2.75, 3.05) is 19.6 Å². The summed E-state index contributed by atoms with van der Waals surface area (Å²) in [5.74, 6) is 0.688. The predicted octanol–water partition coefficient (Wildman–Crippen LogP) is 6.35. The highest BCUT2D eigenvalue weighted by Crippen LogP contribution is 2.27. The van der Waals surface area contributed by atoms with Crippen molar-refractivity contribution in [3.8, 4) is 5.75 Å². The van der Waals surface area contributed by atoms with Crippen LogP contribution in [-0.2, 0) is 6.42 Å². The van der Waals surface area contributed by atoms with Gasteiger partial charge < -0.3 is 15.3 Å². The van der Waals surface area contributed by atoms with Crippen molar-refractivity contribution in [3.05, 3.63) is 102 Å². The van der Waals surface area contributed by atoms with Gasteiger partial charge in [0.05, 0.1) is 11.8 Å². The van der Waals surface area contributed by atoms with Gasteiger partial charge in [-0.05, 0) is 88.5 Å². The number of phenolic OH excluding ortho intramolecular Hbond substituents is 1. The normalized spacial score (nSPS) is 16.5. The summed E-state index contributed by atoms with van der Waals surface area (Å²) < 4.78 is 0. The molecular formula is C30H39N3O. The fourth-order valence-corrected chi connectivity index (χ4v) is 4.55.